The van der Waals surface area contributed by atoms with Crippen LogP contribution in [0.5, 0.6) is 0 Å². The van der Waals surface area contributed by atoms with Crippen LogP contribution in [0.4, 0.5) is 5.69 Å². The molecule has 0 aliphatic rings. The number of anilines is 1. The first kappa shape index (κ1) is 24.3. The molecule has 0 bridgehead atoms. The summed E-state index contributed by atoms with van der Waals surface area (Å²) in [4.78, 5) is 25.1. The van der Waals surface area contributed by atoms with Crippen LogP contribution >= 0.6 is 11.8 Å². The fourth-order valence-electron chi connectivity index (χ4n) is 3.35. The van der Waals surface area contributed by atoms with Crippen LogP contribution in [0.25, 0.3) is 0 Å². The summed E-state index contributed by atoms with van der Waals surface area (Å²) >= 11 is 1.30. The van der Waals surface area contributed by atoms with E-state index in [0.717, 1.165) is 22.4 Å². The Morgan fingerprint density at radius 1 is 1.09 bits per heavy atom. The molecule has 2 amide bonds. The maximum Gasteiger partial charge on any atom is 0.251 e. The van der Waals surface area contributed by atoms with Crippen molar-refractivity contribution in [3.63, 3.8) is 0 Å². The zero-order valence-corrected chi connectivity index (χ0v) is 20.2. The molecule has 1 aromatic heterocycles. The summed E-state index contributed by atoms with van der Waals surface area (Å²) in [5.41, 5.74) is 4.64. The van der Waals surface area contributed by atoms with Gasteiger partial charge in [-0.1, -0.05) is 53.2 Å². The predicted octanol–water partition coefficient (Wildman–Crippen LogP) is 4.61. The molecule has 0 radical (unpaired) electrons. The van der Waals surface area contributed by atoms with Crippen LogP contribution in [0, 0.1) is 20.8 Å². The van der Waals surface area contributed by atoms with Crippen LogP contribution in [0.2, 0.25) is 0 Å². The second kappa shape index (κ2) is 11.0. The lowest BCUT2D eigenvalue weighted by molar-refractivity contribution is -0.113. The van der Waals surface area contributed by atoms with Crippen LogP contribution in [-0.4, -0.2) is 32.3 Å². The molecule has 3 rings (SSSR count). The van der Waals surface area contributed by atoms with E-state index < -0.39 is 0 Å². The third-order valence-corrected chi connectivity index (χ3v) is 6.06. The van der Waals surface area contributed by atoms with Crippen molar-refractivity contribution >= 4 is 29.3 Å². The molecule has 0 fully saturated rings. The molecule has 7 nitrogen and oxygen atoms in total. The first-order chi connectivity index (χ1) is 15.8. The monoisotopic (exact) mass is 463 g/mol. The average molecular weight is 464 g/mol. The van der Waals surface area contributed by atoms with Gasteiger partial charge >= 0.3 is 0 Å². The van der Waals surface area contributed by atoms with Gasteiger partial charge in [0.2, 0.25) is 5.91 Å². The average Bonchev–Trinajstić information content (AvgIpc) is 3.17. The molecule has 2 aromatic carbocycles. The number of hydrogen-bond acceptors (Lipinski definition) is 5. The molecule has 0 saturated heterocycles. The highest BCUT2D eigenvalue weighted by Gasteiger charge is 2.20. The number of aromatic nitrogens is 3. The quantitative estimate of drug-likeness (QED) is 0.357. The van der Waals surface area contributed by atoms with E-state index in [4.69, 9.17) is 0 Å². The highest BCUT2D eigenvalue weighted by Crippen LogP contribution is 2.22. The van der Waals surface area contributed by atoms with Crippen molar-refractivity contribution in [2.75, 3.05) is 11.1 Å². The topological polar surface area (TPSA) is 88.9 Å². The summed E-state index contributed by atoms with van der Waals surface area (Å²) in [6.45, 7) is 12.1. The van der Waals surface area contributed by atoms with E-state index >= 15 is 0 Å². The maximum atomic E-state index is 12.6. The van der Waals surface area contributed by atoms with Gasteiger partial charge in [-0.25, -0.2) is 0 Å². The predicted molar refractivity (Wildman–Crippen MR) is 133 cm³/mol. The minimum atomic E-state index is -0.371. The second-order valence-corrected chi connectivity index (χ2v) is 8.90. The molecule has 0 aliphatic heterocycles. The van der Waals surface area contributed by atoms with Gasteiger partial charge in [0.25, 0.3) is 5.91 Å². The van der Waals surface area contributed by atoms with E-state index in [1.807, 2.05) is 62.6 Å². The summed E-state index contributed by atoms with van der Waals surface area (Å²) in [5, 5.41) is 15.0. The molecule has 3 aromatic rings. The van der Waals surface area contributed by atoms with Crippen LogP contribution in [0.1, 0.15) is 45.8 Å². The first-order valence-electron chi connectivity index (χ1n) is 10.7. The zero-order valence-electron chi connectivity index (χ0n) is 19.4. The van der Waals surface area contributed by atoms with Crippen LogP contribution < -0.4 is 10.6 Å². The van der Waals surface area contributed by atoms with Crippen molar-refractivity contribution in [2.45, 2.75) is 45.4 Å². The van der Waals surface area contributed by atoms with Crippen LogP contribution in [0.3, 0.4) is 0 Å². The van der Waals surface area contributed by atoms with E-state index in [1.54, 1.807) is 18.2 Å². The number of carbonyl (C=O) groups excluding carboxylic acids is 2. The molecule has 8 heteroatoms. The van der Waals surface area contributed by atoms with Crippen molar-refractivity contribution in [3.8, 4) is 0 Å². The van der Waals surface area contributed by atoms with Gasteiger partial charge in [0.15, 0.2) is 11.0 Å². The van der Waals surface area contributed by atoms with Crippen molar-refractivity contribution in [3.05, 3.63) is 83.2 Å². The molecule has 1 heterocycles. The highest BCUT2D eigenvalue weighted by atomic mass is 32.2. The second-order valence-electron chi connectivity index (χ2n) is 7.96. The number of amides is 2. The minimum Gasteiger partial charge on any atom is -0.342 e. The van der Waals surface area contributed by atoms with E-state index in [0.29, 0.717) is 23.1 Å². The van der Waals surface area contributed by atoms with Gasteiger partial charge in [0, 0.05) is 17.8 Å². The Hall–Kier alpha value is -3.39. The Balaban J connectivity index is 1.66. The smallest absolute Gasteiger partial charge is 0.251 e. The van der Waals surface area contributed by atoms with Crippen molar-refractivity contribution in [2.24, 2.45) is 0 Å². The first-order valence-corrected chi connectivity index (χ1v) is 11.7. The van der Waals surface area contributed by atoms with Gasteiger partial charge in [-0.2, -0.15) is 0 Å². The molecule has 0 aliphatic carbocycles. The zero-order chi connectivity index (χ0) is 24.0. The lowest BCUT2D eigenvalue weighted by Gasteiger charge is -2.15. The van der Waals surface area contributed by atoms with Gasteiger partial charge in [0.1, 0.15) is 0 Å². The highest BCUT2D eigenvalue weighted by molar-refractivity contribution is 7.99. The Morgan fingerprint density at radius 3 is 2.45 bits per heavy atom. The standard InChI is InChI=1S/C25H29N5O2S/c1-6-13-30-23(19(5)26-24(32)20-10-7-16(2)8-11-20)28-29-25(30)33-15-22(31)27-21-12-9-17(3)14-18(21)4/h6-12,14,19H,1,13,15H2,2-5H3,(H,26,32)(H,27,31)/t19-/m0/s1. The van der Waals surface area contributed by atoms with Gasteiger partial charge in [-0.15, -0.1) is 16.8 Å². The van der Waals surface area contributed by atoms with Gasteiger partial charge in [0.05, 0.1) is 11.8 Å². The Bertz CT molecular complexity index is 1150. The summed E-state index contributed by atoms with van der Waals surface area (Å²) in [7, 11) is 0. The number of carbonyl (C=O) groups is 2. The van der Waals surface area contributed by atoms with Gasteiger partial charge < -0.3 is 15.2 Å². The molecular formula is C25H29N5O2S. The Morgan fingerprint density at radius 2 is 1.79 bits per heavy atom. The van der Waals surface area contributed by atoms with Crippen LogP contribution in [-0.2, 0) is 11.3 Å². The maximum absolute atomic E-state index is 12.6. The normalized spacial score (nSPS) is 11.6. The van der Waals surface area contributed by atoms with Crippen molar-refractivity contribution < 1.29 is 9.59 Å². The van der Waals surface area contributed by atoms with Crippen molar-refractivity contribution in [1.29, 1.82) is 0 Å². The molecule has 33 heavy (non-hydrogen) atoms. The fourth-order valence-corrected chi connectivity index (χ4v) is 4.10. The Labute approximate surface area is 198 Å². The summed E-state index contributed by atoms with van der Waals surface area (Å²) in [5.74, 6) is 0.486. The molecule has 1 atom stereocenters. The Kier molecular flexibility index (Phi) is 8.06. The largest absolute Gasteiger partial charge is 0.342 e. The number of thioether (sulfide) groups is 1. The number of nitrogens with one attached hydrogen (secondary N) is 2. The minimum absolute atomic E-state index is 0.123. The summed E-state index contributed by atoms with van der Waals surface area (Å²) in [6.07, 6.45) is 1.74. The molecule has 2 N–H and O–H groups in total. The lowest BCUT2D eigenvalue weighted by atomic mass is 10.1. The lowest BCUT2D eigenvalue weighted by Crippen LogP contribution is -2.28. The molecule has 172 valence electrons. The third kappa shape index (κ3) is 6.32. The third-order valence-electron chi connectivity index (χ3n) is 5.09. The molecule has 0 saturated carbocycles. The molecule has 0 spiro atoms. The molecule has 0 unspecified atom stereocenters. The number of aryl methyl sites for hydroxylation is 3. The number of nitrogens with zero attached hydrogens (tertiary/aromatic N) is 3. The van der Waals surface area contributed by atoms with E-state index in [1.165, 1.54) is 11.8 Å². The van der Waals surface area contributed by atoms with E-state index in [-0.39, 0.29) is 23.6 Å². The molecular weight excluding hydrogens is 434 g/mol. The number of rotatable bonds is 9. The summed E-state index contributed by atoms with van der Waals surface area (Å²) in [6, 6.07) is 12.9. The van der Waals surface area contributed by atoms with Crippen molar-refractivity contribution in [1.82, 2.24) is 20.1 Å². The van der Waals surface area contributed by atoms with E-state index in [9.17, 15) is 9.59 Å². The van der Waals surface area contributed by atoms with Crippen LogP contribution in [0.15, 0.2) is 60.3 Å². The SMILES string of the molecule is C=CCn1c(SCC(=O)Nc2ccc(C)cc2C)nnc1[C@H](C)NC(=O)c1ccc(C)cc1. The van der Waals surface area contributed by atoms with Gasteiger partial charge in [-0.05, 0) is 51.5 Å². The van der Waals surface area contributed by atoms with Gasteiger partial charge in [-0.3, -0.25) is 9.59 Å². The fraction of sp³-hybridized carbons (Fsp3) is 0.280. The summed E-state index contributed by atoms with van der Waals surface area (Å²) < 4.78 is 1.86. The number of benzene rings is 2. The number of allylic oxidation sites excluding steroid dienone is 1. The number of hydrogen-bond donors (Lipinski definition) is 2. The van der Waals surface area contributed by atoms with E-state index in [2.05, 4.69) is 27.4 Å².